The molecule has 0 radical (unpaired) electrons. The molecule has 0 saturated carbocycles. The molecule has 1 heterocycles. The Morgan fingerprint density at radius 1 is 1.11 bits per heavy atom. The van der Waals surface area contributed by atoms with Gasteiger partial charge in [0.15, 0.2) is 0 Å². The van der Waals surface area contributed by atoms with Gasteiger partial charge in [-0.15, -0.1) is 0 Å². The fourth-order valence-corrected chi connectivity index (χ4v) is 2.82. The van der Waals surface area contributed by atoms with Crippen LogP contribution in [0.2, 0.25) is 0 Å². The van der Waals surface area contributed by atoms with Gasteiger partial charge in [0.05, 0.1) is 12.7 Å². The summed E-state index contributed by atoms with van der Waals surface area (Å²) in [5, 5.41) is 0. The van der Waals surface area contributed by atoms with E-state index >= 15 is 0 Å². The number of rotatable bonds is 8. The predicted octanol–water partition coefficient (Wildman–Crippen LogP) is 3.59. The van der Waals surface area contributed by atoms with Crippen LogP contribution in [0.15, 0.2) is 66.7 Å². The summed E-state index contributed by atoms with van der Waals surface area (Å²) in [6, 6.07) is 19.7. The Labute approximate surface area is 159 Å². The average Bonchev–Trinajstić information content (AvgIpc) is 2.71. The van der Waals surface area contributed by atoms with Gasteiger partial charge in [-0.3, -0.25) is 0 Å². The second-order valence-electron chi connectivity index (χ2n) is 6.32. The standard InChI is InChI=1S/C22H24O5/c1-17(26-16-24-14-19-10-6-3-7-11-19)22-20(27-21(23)15-25-22)13-12-18-8-4-2-5-9-18/h2-13,17,20,22H,14-16H2,1H3/b13-12+/t17-,20-,22-/m0/s1. The molecule has 0 aliphatic carbocycles. The Kier molecular flexibility index (Phi) is 7.16. The number of hydrogen-bond acceptors (Lipinski definition) is 5. The highest BCUT2D eigenvalue weighted by Gasteiger charge is 2.34. The van der Waals surface area contributed by atoms with Gasteiger partial charge in [0, 0.05) is 0 Å². The molecule has 1 saturated heterocycles. The van der Waals surface area contributed by atoms with E-state index in [0.29, 0.717) is 6.61 Å². The Balaban J connectivity index is 1.52. The summed E-state index contributed by atoms with van der Waals surface area (Å²) >= 11 is 0. The number of esters is 1. The molecular formula is C22H24O5. The van der Waals surface area contributed by atoms with Crippen molar-refractivity contribution in [3.05, 3.63) is 77.9 Å². The molecule has 1 fully saturated rings. The molecule has 2 aromatic rings. The lowest BCUT2D eigenvalue weighted by Crippen LogP contribution is -2.47. The van der Waals surface area contributed by atoms with E-state index in [1.807, 2.05) is 79.7 Å². The van der Waals surface area contributed by atoms with E-state index in [2.05, 4.69) is 0 Å². The summed E-state index contributed by atoms with van der Waals surface area (Å²) in [7, 11) is 0. The van der Waals surface area contributed by atoms with Crippen LogP contribution < -0.4 is 0 Å². The third-order valence-corrected chi connectivity index (χ3v) is 4.25. The van der Waals surface area contributed by atoms with Crippen LogP contribution >= 0.6 is 0 Å². The topological polar surface area (TPSA) is 54.0 Å². The van der Waals surface area contributed by atoms with E-state index in [9.17, 15) is 4.79 Å². The Bertz CT molecular complexity index is 729. The van der Waals surface area contributed by atoms with Gasteiger partial charge in [-0.05, 0) is 24.1 Å². The van der Waals surface area contributed by atoms with Gasteiger partial charge in [-0.1, -0.05) is 66.7 Å². The molecule has 27 heavy (non-hydrogen) atoms. The summed E-state index contributed by atoms with van der Waals surface area (Å²) in [4.78, 5) is 11.6. The van der Waals surface area contributed by atoms with E-state index < -0.39 is 6.10 Å². The van der Waals surface area contributed by atoms with Crippen LogP contribution in [0.3, 0.4) is 0 Å². The zero-order valence-electron chi connectivity index (χ0n) is 15.3. The normalized spacial score (nSPS) is 21.1. The number of hydrogen-bond donors (Lipinski definition) is 0. The largest absolute Gasteiger partial charge is 0.454 e. The first-order valence-corrected chi connectivity index (χ1v) is 9.00. The molecule has 0 unspecified atom stereocenters. The van der Waals surface area contributed by atoms with Crippen LogP contribution in [0.5, 0.6) is 0 Å². The van der Waals surface area contributed by atoms with Crippen molar-refractivity contribution < 1.29 is 23.7 Å². The molecule has 3 atom stereocenters. The number of carbonyl (C=O) groups excluding carboxylic acids is 1. The quantitative estimate of drug-likeness (QED) is 0.405. The first-order valence-electron chi connectivity index (χ1n) is 9.00. The smallest absolute Gasteiger partial charge is 0.332 e. The van der Waals surface area contributed by atoms with Crippen molar-refractivity contribution in [2.75, 3.05) is 13.4 Å². The van der Waals surface area contributed by atoms with Gasteiger partial charge >= 0.3 is 5.97 Å². The van der Waals surface area contributed by atoms with Crippen molar-refractivity contribution in [2.45, 2.75) is 31.8 Å². The van der Waals surface area contributed by atoms with Crippen LogP contribution in [0.25, 0.3) is 6.08 Å². The van der Waals surface area contributed by atoms with Crippen molar-refractivity contribution in [3.8, 4) is 0 Å². The molecule has 1 aliphatic rings. The van der Waals surface area contributed by atoms with Gasteiger partial charge in [0.2, 0.25) is 0 Å². The monoisotopic (exact) mass is 368 g/mol. The fourth-order valence-electron chi connectivity index (χ4n) is 2.82. The van der Waals surface area contributed by atoms with Crippen molar-refractivity contribution in [3.63, 3.8) is 0 Å². The minimum absolute atomic E-state index is 0.0705. The molecule has 0 spiro atoms. The Morgan fingerprint density at radius 3 is 2.56 bits per heavy atom. The van der Waals surface area contributed by atoms with E-state index in [1.54, 1.807) is 0 Å². The fraction of sp³-hybridized carbons (Fsp3) is 0.318. The predicted molar refractivity (Wildman–Crippen MR) is 102 cm³/mol. The van der Waals surface area contributed by atoms with Crippen LogP contribution in [0.4, 0.5) is 0 Å². The number of cyclic esters (lactones) is 1. The summed E-state index contributed by atoms with van der Waals surface area (Å²) in [5.41, 5.74) is 2.11. The highest BCUT2D eigenvalue weighted by Crippen LogP contribution is 2.19. The zero-order chi connectivity index (χ0) is 18.9. The molecule has 2 aromatic carbocycles. The summed E-state index contributed by atoms with van der Waals surface area (Å²) in [5.74, 6) is -0.374. The molecule has 5 heteroatoms. The molecule has 3 rings (SSSR count). The number of ether oxygens (including phenoxy) is 4. The van der Waals surface area contributed by atoms with Crippen molar-refractivity contribution >= 4 is 12.0 Å². The van der Waals surface area contributed by atoms with Crippen molar-refractivity contribution in [1.82, 2.24) is 0 Å². The summed E-state index contributed by atoms with van der Waals surface area (Å²) < 4.78 is 22.4. The summed E-state index contributed by atoms with van der Waals surface area (Å²) in [6.07, 6.45) is 2.57. The highest BCUT2D eigenvalue weighted by atomic mass is 16.7. The third kappa shape index (κ3) is 6.03. The zero-order valence-corrected chi connectivity index (χ0v) is 15.3. The van der Waals surface area contributed by atoms with Gasteiger partial charge in [0.1, 0.15) is 25.6 Å². The Hall–Kier alpha value is -2.47. The maximum absolute atomic E-state index is 11.6. The van der Waals surface area contributed by atoms with E-state index in [4.69, 9.17) is 18.9 Å². The second kappa shape index (κ2) is 10.0. The lowest BCUT2D eigenvalue weighted by molar-refractivity contribution is -0.200. The van der Waals surface area contributed by atoms with Crippen molar-refractivity contribution in [1.29, 1.82) is 0 Å². The molecule has 1 aliphatic heterocycles. The average molecular weight is 368 g/mol. The van der Waals surface area contributed by atoms with Crippen LogP contribution in [0, 0.1) is 0 Å². The minimum Gasteiger partial charge on any atom is -0.454 e. The molecular weight excluding hydrogens is 344 g/mol. The number of benzene rings is 2. The van der Waals surface area contributed by atoms with Gasteiger partial charge in [-0.2, -0.15) is 0 Å². The molecule has 0 bridgehead atoms. The van der Waals surface area contributed by atoms with Gasteiger partial charge in [-0.25, -0.2) is 4.79 Å². The van der Waals surface area contributed by atoms with Crippen LogP contribution in [0.1, 0.15) is 18.1 Å². The molecule has 142 valence electrons. The summed E-state index contributed by atoms with van der Waals surface area (Å²) in [6.45, 7) is 2.43. The molecule has 0 amide bonds. The van der Waals surface area contributed by atoms with Crippen LogP contribution in [-0.2, 0) is 30.3 Å². The molecule has 0 N–H and O–H groups in total. The first-order chi connectivity index (χ1) is 13.2. The van der Waals surface area contributed by atoms with Crippen molar-refractivity contribution in [2.24, 2.45) is 0 Å². The number of carbonyl (C=O) groups is 1. The maximum atomic E-state index is 11.6. The lowest BCUT2D eigenvalue weighted by Gasteiger charge is -2.33. The Morgan fingerprint density at radius 2 is 1.81 bits per heavy atom. The van der Waals surface area contributed by atoms with E-state index in [-0.39, 0.29) is 31.6 Å². The minimum atomic E-state index is -0.504. The van der Waals surface area contributed by atoms with E-state index in [1.165, 1.54) is 0 Å². The maximum Gasteiger partial charge on any atom is 0.332 e. The molecule has 5 nitrogen and oxygen atoms in total. The molecule has 0 aromatic heterocycles. The lowest BCUT2D eigenvalue weighted by atomic mass is 10.1. The highest BCUT2D eigenvalue weighted by molar-refractivity contribution is 5.72. The van der Waals surface area contributed by atoms with E-state index in [0.717, 1.165) is 11.1 Å². The SMILES string of the molecule is C[C@H](OCOCc1ccccc1)[C@@H]1OCC(=O)O[C@H]1/C=C/c1ccccc1. The van der Waals surface area contributed by atoms with Gasteiger partial charge < -0.3 is 18.9 Å². The first kappa shape index (κ1) is 19.3. The van der Waals surface area contributed by atoms with Crippen LogP contribution in [-0.4, -0.2) is 37.7 Å². The van der Waals surface area contributed by atoms with Gasteiger partial charge in [0.25, 0.3) is 0 Å². The second-order valence-corrected chi connectivity index (χ2v) is 6.32. The third-order valence-electron chi connectivity index (χ3n) is 4.25.